The predicted octanol–water partition coefficient (Wildman–Crippen LogP) is 4.83. The fourth-order valence-corrected chi connectivity index (χ4v) is 2.16. The van der Waals surface area contributed by atoms with Gasteiger partial charge in [0.25, 0.3) is 0 Å². The molecule has 3 N–H and O–H groups in total. The normalized spacial score (nSPS) is 10.3. The van der Waals surface area contributed by atoms with Crippen LogP contribution in [0.25, 0.3) is 0 Å². The largest absolute Gasteiger partial charge is 0.492 e. The van der Waals surface area contributed by atoms with E-state index in [-0.39, 0.29) is 0 Å². The van der Waals surface area contributed by atoms with Crippen LogP contribution in [0, 0.1) is 0 Å². The van der Waals surface area contributed by atoms with Crippen molar-refractivity contribution in [3.63, 3.8) is 0 Å². The smallest absolute Gasteiger partial charge is 0.144 e. The highest BCUT2D eigenvalue weighted by Crippen LogP contribution is 2.31. The van der Waals surface area contributed by atoms with Gasteiger partial charge in [0, 0.05) is 21.2 Å². The zero-order chi connectivity index (χ0) is 13.8. The van der Waals surface area contributed by atoms with Crippen molar-refractivity contribution in [1.82, 2.24) is 0 Å². The van der Waals surface area contributed by atoms with Gasteiger partial charge in [-0.2, -0.15) is 0 Å². The van der Waals surface area contributed by atoms with Gasteiger partial charge in [0.1, 0.15) is 5.75 Å². The lowest BCUT2D eigenvalue weighted by atomic mass is 10.2. The molecule has 0 bridgehead atoms. The van der Waals surface area contributed by atoms with Gasteiger partial charge in [-0.3, -0.25) is 0 Å². The van der Waals surface area contributed by atoms with Crippen molar-refractivity contribution in [2.24, 2.45) is 0 Å². The Balaban J connectivity index is 2.28. The number of rotatable bonds is 4. The van der Waals surface area contributed by atoms with E-state index < -0.39 is 0 Å². The molecule has 0 saturated carbocycles. The van der Waals surface area contributed by atoms with Crippen LogP contribution in [0.15, 0.2) is 40.9 Å². The number of nitrogens with two attached hydrogens (primary N) is 1. The lowest BCUT2D eigenvalue weighted by molar-refractivity contribution is 0.342. The minimum absolute atomic E-state index is 0.578. The highest BCUT2D eigenvalue weighted by atomic mass is 79.9. The topological polar surface area (TPSA) is 47.3 Å². The summed E-state index contributed by atoms with van der Waals surface area (Å²) in [6.07, 6.45) is 0. The van der Waals surface area contributed by atoms with Crippen LogP contribution in [0.4, 0.5) is 17.1 Å². The lowest BCUT2D eigenvalue weighted by Crippen LogP contribution is -1.98. The van der Waals surface area contributed by atoms with Gasteiger partial charge < -0.3 is 15.8 Å². The minimum Gasteiger partial charge on any atom is -0.492 e. The first-order chi connectivity index (χ1) is 9.10. The molecule has 0 spiro atoms. The molecule has 0 atom stereocenters. The van der Waals surface area contributed by atoms with E-state index in [1.807, 2.05) is 43.3 Å². The number of nitrogen functional groups attached to an aromatic ring is 1. The van der Waals surface area contributed by atoms with Crippen LogP contribution in [0.2, 0.25) is 5.02 Å². The van der Waals surface area contributed by atoms with E-state index in [9.17, 15) is 0 Å². The van der Waals surface area contributed by atoms with Crippen LogP contribution < -0.4 is 15.8 Å². The Kier molecular flexibility index (Phi) is 4.56. The Labute approximate surface area is 125 Å². The third kappa shape index (κ3) is 3.55. The van der Waals surface area contributed by atoms with Gasteiger partial charge in [-0.15, -0.1) is 0 Å². The van der Waals surface area contributed by atoms with Gasteiger partial charge in [-0.05, 0) is 53.2 Å². The molecule has 0 fully saturated rings. The second kappa shape index (κ2) is 6.17. The van der Waals surface area contributed by atoms with E-state index >= 15 is 0 Å². The van der Waals surface area contributed by atoms with Crippen molar-refractivity contribution in [2.45, 2.75) is 6.92 Å². The summed E-state index contributed by atoms with van der Waals surface area (Å²) in [6.45, 7) is 2.50. The van der Waals surface area contributed by atoms with E-state index in [0.717, 1.165) is 15.8 Å². The van der Waals surface area contributed by atoms with Crippen molar-refractivity contribution in [1.29, 1.82) is 0 Å². The van der Waals surface area contributed by atoms with Gasteiger partial charge in [0.05, 0.1) is 18.0 Å². The number of ether oxygens (including phenoxy) is 1. The molecule has 2 aromatic rings. The fourth-order valence-electron chi connectivity index (χ4n) is 1.64. The van der Waals surface area contributed by atoms with Crippen LogP contribution in [0.3, 0.4) is 0 Å². The Morgan fingerprint density at radius 3 is 2.79 bits per heavy atom. The third-order valence-electron chi connectivity index (χ3n) is 2.52. The monoisotopic (exact) mass is 340 g/mol. The number of benzene rings is 2. The van der Waals surface area contributed by atoms with Gasteiger partial charge in [0.15, 0.2) is 0 Å². The zero-order valence-electron chi connectivity index (χ0n) is 10.4. The number of hydrogen-bond acceptors (Lipinski definition) is 3. The average Bonchev–Trinajstić information content (AvgIpc) is 2.38. The molecule has 0 aliphatic rings. The molecule has 0 radical (unpaired) electrons. The molecule has 0 saturated heterocycles. The number of anilines is 3. The van der Waals surface area contributed by atoms with Crippen LogP contribution in [0.5, 0.6) is 5.75 Å². The highest BCUT2D eigenvalue weighted by Gasteiger charge is 2.05. The Morgan fingerprint density at radius 2 is 2.05 bits per heavy atom. The fraction of sp³-hybridized carbons (Fsp3) is 0.143. The molecule has 19 heavy (non-hydrogen) atoms. The Bertz CT molecular complexity index is 590. The van der Waals surface area contributed by atoms with Crippen molar-refractivity contribution < 1.29 is 4.74 Å². The summed E-state index contributed by atoms with van der Waals surface area (Å²) in [5.41, 5.74) is 8.24. The van der Waals surface area contributed by atoms with Crippen molar-refractivity contribution in [3.05, 3.63) is 45.9 Å². The van der Waals surface area contributed by atoms with Crippen LogP contribution >= 0.6 is 27.5 Å². The summed E-state index contributed by atoms with van der Waals surface area (Å²) in [5.74, 6) is 0.672. The van der Waals surface area contributed by atoms with E-state index in [1.165, 1.54) is 0 Å². The van der Waals surface area contributed by atoms with E-state index in [4.69, 9.17) is 22.1 Å². The van der Waals surface area contributed by atoms with E-state index in [0.29, 0.717) is 23.1 Å². The predicted molar refractivity (Wildman–Crippen MR) is 84.5 cm³/mol. The zero-order valence-corrected chi connectivity index (χ0v) is 12.8. The molecule has 100 valence electrons. The maximum absolute atomic E-state index is 5.98. The van der Waals surface area contributed by atoms with Crippen LogP contribution in [-0.2, 0) is 0 Å². The second-order valence-corrected chi connectivity index (χ2v) is 5.23. The molecule has 0 heterocycles. The first-order valence-electron chi connectivity index (χ1n) is 5.84. The molecule has 0 amide bonds. The highest BCUT2D eigenvalue weighted by molar-refractivity contribution is 9.10. The van der Waals surface area contributed by atoms with Gasteiger partial charge in [0.2, 0.25) is 0 Å². The summed E-state index contributed by atoms with van der Waals surface area (Å²) in [6, 6.07) is 11.1. The lowest BCUT2D eigenvalue weighted by Gasteiger charge is -2.12. The molecule has 0 aliphatic heterocycles. The number of hydrogen-bond donors (Lipinski definition) is 2. The SMILES string of the molecule is CCOc1cc(Nc2cc(Cl)ccc2Br)ccc1N. The summed E-state index contributed by atoms with van der Waals surface area (Å²) in [4.78, 5) is 0. The maximum atomic E-state index is 5.98. The van der Waals surface area contributed by atoms with Crippen molar-refractivity contribution in [2.75, 3.05) is 17.7 Å². The average molecular weight is 342 g/mol. The summed E-state index contributed by atoms with van der Waals surface area (Å²) >= 11 is 9.46. The summed E-state index contributed by atoms with van der Waals surface area (Å²) in [7, 11) is 0. The standard InChI is InChI=1S/C14H14BrClN2O/c1-2-19-14-8-10(4-6-12(14)17)18-13-7-9(16)3-5-11(13)15/h3-8,18H,2,17H2,1H3. The quantitative estimate of drug-likeness (QED) is 0.783. The second-order valence-electron chi connectivity index (χ2n) is 3.93. The first kappa shape index (κ1) is 14.0. The molecular formula is C14H14BrClN2O. The van der Waals surface area contributed by atoms with Crippen LogP contribution in [-0.4, -0.2) is 6.61 Å². The first-order valence-corrected chi connectivity index (χ1v) is 7.01. The van der Waals surface area contributed by atoms with Gasteiger partial charge >= 0.3 is 0 Å². The maximum Gasteiger partial charge on any atom is 0.144 e. The molecule has 0 unspecified atom stereocenters. The molecule has 2 rings (SSSR count). The summed E-state index contributed by atoms with van der Waals surface area (Å²) < 4.78 is 6.40. The van der Waals surface area contributed by atoms with Gasteiger partial charge in [-0.25, -0.2) is 0 Å². The van der Waals surface area contributed by atoms with Crippen molar-refractivity contribution >= 4 is 44.6 Å². The third-order valence-corrected chi connectivity index (χ3v) is 3.45. The molecule has 0 aromatic heterocycles. The minimum atomic E-state index is 0.578. The van der Waals surface area contributed by atoms with Crippen LogP contribution in [0.1, 0.15) is 6.92 Å². The number of nitrogens with one attached hydrogen (secondary N) is 1. The Morgan fingerprint density at radius 1 is 1.26 bits per heavy atom. The van der Waals surface area contributed by atoms with Gasteiger partial charge in [-0.1, -0.05) is 11.6 Å². The van der Waals surface area contributed by atoms with E-state index in [2.05, 4.69) is 21.2 Å². The molecule has 0 aliphatic carbocycles. The van der Waals surface area contributed by atoms with Crippen molar-refractivity contribution in [3.8, 4) is 5.75 Å². The molecule has 5 heteroatoms. The molecule has 2 aromatic carbocycles. The Hall–Kier alpha value is -1.39. The summed E-state index contributed by atoms with van der Waals surface area (Å²) in [5, 5.41) is 3.94. The number of halogens is 2. The molecular weight excluding hydrogens is 328 g/mol. The molecule has 3 nitrogen and oxygen atoms in total. The van der Waals surface area contributed by atoms with E-state index in [1.54, 1.807) is 0 Å².